The lowest BCUT2D eigenvalue weighted by molar-refractivity contribution is 0.196. The van der Waals surface area contributed by atoms with Crippen LogP contribution in [0.2, 0.25) is 0 Å². The molecule has 0 spiro atoms. The minimum atomic E-state index is 0.557. The van der Waals surface area contributed by atoms with E-state index in [1.165, 1.54) is 48.6 Å². The maximum absolute atomic E-state index is 3.84. The molecule has 1 heteroatoms. The zero-order valence-corrected chi connectivity index (χ0v) is 13.1. The number of hydrogen-bond acceptors (Lipinski definition) is 0. The first-order chi connectivity index (χ1) is 8.63. The molecule has 0 aromatic heterocycles. The standard InChI is InChI=1S/C17H23Br/c1-12-3-4-13(2)15(7-12)10-17(11-18)9-14-5-6-16(17)8-14/h3-4,7,14,16H,5-6,8-11H2,1-2H3. The number of fused-ring (bicyclic) bond motifs is 2. The third-order valence-corrected chi connectivity index (χ3v) is 6.53. The summed E-state index contributed by atoms with van der Waals surface area (Å²) in [5.74, 6) is 2.00. The Morgan fingerprint density at radius 2 is 2.11 bits per heavy atom. The summed E-state index contributed by atoms with van der Waals surface area (Å²) in [6.45, 7) is 4.48. The molecule has 0 aliphatic heterocycles. The lowest BCUT2D eigenvalue weighted by atomic mass is 9.70. The molecule has 0 radical (unpaired) electrons. The first-order valence-electron chi connectivity index (χ1n) is 7.25. The third kappa shape index (κ3) is 2.05. The lowest BCUT2D eigenvalue weighted by Gasteiger charge is -2.37. The second-order valence-corrected chi connectivity index (χ2v) is 7.24. The van der Waals surface area contributed by atoms with Gasteiger partial charge in [0.2, 0.25) is 0 Å². The highest BCUT2D eigenvalue weighted by Crippen LogP contribution is 2.58. The molecule has 2 aliphatic carbocycles. The van der Waals surface area contributed by atoms with Crippen LogP contribution in [0, 0.1) is 31.1 Å². The van der Waals surface area contributed by atoms with Gasteiger partial charge < -0.3 is 0 Å². The van der Waals surface area contributed by atoms with Gasteiger partial charge in [-0.15, -0.1) is 0 Å². The molecule has 18 heavy (non-hydrogen) atoms. The van der Waals surface area contributed by atoms with Gasteiger partial charge >= 0.3 is 0 Å². The number of halogens is 1. The van der Waals surface area contributed by atoms with Crippen LogP contribution >= 0.6 is 15.9 Å². The van der Waals surface area contributed by atoms with Crippen molar-refractivity contribution in [1.29, 1.82) is 0 Å². The van der Waals surface area contributed by atoms with Crippen LogP contribution in [0.5, 0.6) is 0 Å². The molecule has 0 amide bonds. The van der Waals surface area contributed by atoms with Crippen LogP contribution in [-0.2, 0) is 6.42 Å². The Morgan fingerprint density at radius 1 is 1.28 bits per heavy atom. The molecule has 0 heterocycles. The second kappa shape index (κ2) is 4.67. The van der Waals surface area contributed by atoms with Crippen molar-refractivity contribution in [2.24, 2.45) is 17.3 Å². The van der Waals surface area contributed by atoms with Gasteiger partial charge in [-0.3, -0.25) is 0 Å². The summed E-state index contributed by atoms with van der Waals surface area (Å²) in [7, 11) is 0. The highest BCUT2D eigenvalue weighted by molar-refractivity contribution is 9.09. The van der Waals surface area contributed by atoms with Crippen LogP contribution < -0.4 is 0 Å². The number of alkyl halides is 1. The van der Waals surface area contributed by atoms with Crippen molar-refractivity contribution >= 4 is 15.9 Å². The van der Waals surface area contributed by atoms with Gasteiger partial charge in [0.25, 0.3) is 0 Å². The summed E-state index contributed by atoms with van der Waals surface area (Å²) in [6.07, 6.45) is 7.20. The van der Waals surface area contributed by atoms with E-state index in [0.717, 1.165) is 11.8 Å². The highest BCUT2D eigenvalue weighted by atomic mass is 79.9. The van der Waals surface area contributed by atoms with Crippen molar-refractivity contribution < 1.29 is 0 Å². The summed E-state index contributed by atoms with van der Waals surface area (Å²) in [4.78, 5) is 0. The first-order valence-corrected chi connectivity index (χ1v) is 8.37. The van der Waals surface area contributed by atoms with E-state index in [4.69, 9.17) is 0 Å². The molecule has 3 unspecified atom stereocenters. The quantitative estimate of drug-likeness (QED) is 0.686. The van der Waals surface area contributed by atoms with E-state index in [2.05, 4.69) is 48.0 Å². The highest BCUT2D eigenvalue weighted by Gasteiger charge is 2.49. The van der Waals surface area contributed by atoms with E-state index in [1.807, 2.05) is 0 Å². The molecule has 0 saturated heterocycles. The predicted octanol–water partition coefficient (Wildman–Crippen LogP) is 5.05. The molecule has 1 aromatic carbocycles. The Kier molecular flexibility index (Phi) is 3.30. The van der Waals surface area contributed by atoms with Gasteiger partial charge in [-0.25, -0.2) is 0 Å². The van der Waals surface area contributed by atoms with E-state index < -0.39 is 0 Å². The SMILES string of the molecule is Cc1ccc(C)c(CC2(CBr)CC3CCC2C3)c1. The normalized spacial score (nSPS) is 34.2. The fraction of sp³-hybridized carbons (Fsp3) is 0.647. The average Bonchev–Trinajstić information content (AvgIpc) is 2.94. The molecular weight excluding hydrogens is 284 g/mol. The van der Waals surface area contributed by atoms with Crippen LogP contribution in [-0.4, -0.2) is 5.33 Å². The van der Waals surface area contributed by atoms with Crippen LogP contribution in [0.4, 0.5) is 0 Å². The summed E-state index contributed by atoms with van der Waals surface area (Å²) >= 11 is 3.84. The van der Waals surface area contributed by atoms with Gasteiger partial charge in [-0.05, 0) is 67.9 Å². The maximum Gasteiger partial charge on any atom is 0.00939 e. The van der Waals surface area contributed by atoms with Crippen molar-refractivity contribution in [2.75, 3.05) is 5.33 Å². The molecule has 0 nitrogen and oxygen atoms in total. The zero-order chi connectivity index (χ0) is 12.8. The van der Waals surface area contributed by atoms with E-state index in [-0.39, 0.29) is 0 Å². The van der Waals surface area contributed by atoms with Gasteiger partial charge in [0.15, 0.2) is 0 Å². The summed E-state index contributed by atoms with van der Waals surface area (Å²) in [5.41, 5.74) is 5.02. The monoisotopic (exact) mass is 306 g/mol. The summed E-state index contributed by atoms with van der Waals surface area (Å²) in [6, 6.07) is 6.94. The molecule has 2 aliphatic rings. The molecule has 3 atom stereocenters. The Labute approximate surface area is 119 Å². The first kappa shape index (κ1) is 12.7. The summed E-state index contributed by atoms with van der Waals surface area (Å²) < 4.78 is 0. The molecule has 2 fully saturated rings. The molecule has 1 aromatic rings. The Bertz CT molecular complexity index is 451. The number of hydrogen-bond donors (Lipinski definition) is 0. The number of aryl methyl sites for hydroxylation is 2. The molecule has 2 bridgehead atoms. The molecule has 0 N–H and O–H groups in total. The fourth-order valence-corrected chi connectivity index (χ4v) is 5.24. The van der Waals surface area contributed by atoms with Gasteiger partial charge in [0, 0.05) is 5.33 Å². The third-order valence-electron chi connectivity index (χ3n) is 5.42. The van der Waals surface area contributed by atoms with Crippen molar-refractivity contribution in [3.63, 3.8) is 0 Å². The Balaban J connectivity index is 1.88. The zero-order valence-electron chi connectivity index (χ0n) is 11.5. The van der Waals surface area contributed by atoms with E-state index >= 15 is 0 Å². The van der Waals surface area contributed by atoms with Crippen LogP contribution in [0.1, 0.15) is 42.4 Å². The number of rotatable bonds is 3. The number of benzene rings is 1. The van der Waals surface area contributed by atoms with Gasteiger partial charge in [0.05, 0.1) is 0 Å². The smallest absolute Gasteiger partial charge is 0.00939 e. The topological polar surface area (TPSA) is 0 Å². The second-order valence-electron chi connectivity index (χ2n) is 6.68. The summed E-state index contributed by atoms with van der Waals surface area (Å²) in [5, 5.41) is 1.19. The minimum absolute atomic E-state index is 0.557. The molecule has 98 valence electrons. The Morgan fingerprint density at radius 3 is 2.72 bits per heavy atom. The van der Waals surface area contributed by atoms with Gasteiger partial charge in [-0.1, -0.05) is 46.1 Å². The van der Waals surface area contributed by atoms with E-state index in [1.54, 1.807) is 5.56 Å². The molecule has 3 rings (SSSR count). The molecular formula is C17H23Br. The maximum atomic E-state index is 3.84. The van der Waals surface area contributed by atoms with Gasteiger partial charge in [-0.2, -0.15) is 0 Å². The largest absolute Gasteiger partial charge is 0.0922 e. The minimum Gasteiger partial charge on any atom is -0.0922 e. The van der Waals surface area contributed by atoms with Crippen molar-refractivity contribution in [1.82, 2.24) is 0 Å². The van der Waals surface area contributed by atoms with Crippen molar-refractivity contribution in [3.8, 4) is 0 Å². The van der Waals surface area contributed by atoms with Crippen LogP contribution in [0.3, 0.4) is 0 Å². The fourth-order valence-electron chi connectivity index (χ4n) is 4.36. The predicted molar refractivity (Wildman–Crippen MR) is 81.3 cm³/mol. The average molecular weight is 307 g/mol. The van der Waals surface area contributed by atoms with Crippen LogP contribution in [0.25, 0.3) is 0 Å². The van der Waals surface area contributed by atoms with Crippen molar-refractivity contribution in [3.05, 3.63) is 34.9 Å². The van der Waals surface area contributed by atoms with Crippen LogP contribution in [0.15, 0.2) is 18.2 Å². The molecule has 2 saturated carbocycles. The van der Waals surface area contributed by atoms with E-state index in [9.17, 15) is 0 Å². The van der Waals surface area contributed by atoms with Gasteiger partial charge in [0.1, 0.15) is 0 Å². The Hall–Kier alpha value is -0.300. The van der Waals surface area contributed by atoms with Crippen molar-refractivity contribution in [2.45, 2.75) is 46.0 Å². The van der Waals surface area contributed by atoms with E-state index in [0.29, 0.717) is 5.41 Å². The lowest BCUT2D eigenvalue weighted by Crippen LogP contribution is -2.32.